The third-order valence-corrected chi connectivity index (χ3v) is 3.73. The van der Waals surface area contributed by atoms with Gasteiger partial charge in [-0.15, -0.1) is 0 Å². The van der Waals surface area contributed by atoms with Gasteiger partial charge in [0.1, 0.15) is 0 Å². The zero-order valence-electron chi connectivity index (χ0n) is 13.2. The van der Waals surface area contributed by atoms with Gasteiger partial charge in [0.15, 0.2) is 11.5 Å². The molecule has 1 aromatic rings. The van der Waals surface area contributed by atoms with Crippen molar-refractivity contribution in [3.8, 4) is 11.5 Å². The number of sulfonamides is 1. The van der Waals surface area contributed by atoms with Crippen LogP contribution in [0.25, 0.3) is 0 Å². The molecule has 22 heavy (non-hydrogen) atoms. The standard InChI is InChI=1S/C14H22N2O5S/c1-10(16-22(4,18)19)14(17)15-8-7-11-5-6-12(20-2)13(9-11)21-3/h5-6,9-10,16H,7-8H2,1-4H3,(H,15,17). The molecule has 0 bridgehead atoms. The van der Waals surface area contributed by atoms with Crippen LogP contribution in [0, 0.1) is 0 Å². The Labute approximate surface area is 131 Å². The third-order valence-electron chi connectivity index (χ3n) is 2.94. The van der Waals surface area contributed by atoms with Crippen molar-refractivity contribution < 1.29 is 22.7 Å². The number of benzene rings is 1. The number of ether oxygens (including phenoxy) is 2. The number of carbonyl (C=O) groups is 1. The van der Waals surface area contributed by atoms with E-state index >= 15 is 0 Å². The van der Waals surface area contributed by atoms with Gasteiger partial charge < -0.3 is 14.8 Å². The van der Waals surface area contributed by atoms with Gasteiger partial charge in [0.05, 0.1) is 26.5 Å². The average molecular weight is 330 g/mol. The van der Waals surface area contributed by atoms with E-state index in [2.05, 4.69) is 10.0 Å². The van der Waals surface area contributed by atoms with E-state index in [0.717, 1.165) is 11.8 Å². The zero-order chi connectivity index (χ0) is 16.8. The Hall–Kier alpha value is -1.80. The lowest BCUT2D eigenvalue weighted by Gasteiger charge is -2.13. The smallest absolute Gasteiger partial charge is 0.237 e. The van der Waals surface area contributed by atoms with E-state index in [0.29, 0.717) is 24.5 Å². The zero-order valence-corrected chi connectivity index (χ0v) is 14.0. The van der Waals surface area contributed by atoms with Crippen molar-refractivity contribution in [2.45, 2.75) is 19.4 Å². The van der Waals surface area contributed by atoms with Crippen molar-refractivity contribution in [2.24, 2.45) is 0 Å². The summed E-state index contributed by atoms with van der Waals surface area (Å²) in [4.78, 5) is 11.8. The molecular weight excluding hydrogens is 308 g/mol. The third kappa shape index (κ3) is 5.90. The van der Waals surface area contributed by atoms with Gasteiger partial charge in [-0.05, 0) is 31.0 Å². The minimum atomic E-state index is -3.40. The summed E-state index contributed by atoms with van der Waals surface area (Å²) in [6.07, 6.45) is 1.61. The number of carbonyl (C=O) groups excluding carboxylic acids is 1. The number of rotatable bonds is 8. The van der Waals surface area contributed by atoms with E-state index in [-0.39, 0.29) is 5.91 Å². The van der Waals surface area contributed by atoms with Gasteiger partial charge >= 0.3 is 0 Å². The van der Waals surface area contributed by atoms with E-state index < -0.39 is 16.1 Å². The molecule has 1 aromatic carbocycles. The number of amides is 1. The van der Waals surface area contributed by atoms with Crippen LogP contribution in [0.1, 0.15) is 12.5 Å². The number of methoxy groups -OCH3 is 2. The van der Waals surface area contributed by atoms with E-state index in [1.165, 1.54) is 6.92 Å². The van der Waals surface area contributed by atoms with Gasteiger partial charge in [0.2, 0.25) is 15.9 Å². The predicted molar refractivity (Wildman–Crippen MR) is 83.7 cm³/mol. The van der Waals surface area contributed by atoms with Crippen LogP contribution in [-0.2, 0) is 21.2 Å². The molecule has 0 aliphatic heterocycles. The first-order valence-electron chi connectivity index (χ1n) is 6.72. The lowest BCUT2D eigenvalue weighted by molar-refractivity contribution is -0.122. The predicted octanol–water partition coefficient (Wildman–Crippen LogP) is 0.300. The van der Waals surface area contributed by atoms with Crippen molar-refractivity contribution in [3.63, 3.8) is 0 Å². The van der Waals surface area contributed by atoms with Gasteiger partial charge in [0.25, 0.3) is 0 Å². The molecule has 124 valence electrons. The van der Waals surface area contributed by atoms with E-state index in [1.807, 2.05) is 12.1 Å². The molecule has 0 spiro atoms. The molecule has 0 heterocycles. The van der Waals surface area contributed by atoms with Crippen molar-refractivity contribution >= 4 is 15.9 Å². The summed E-state index contributed by atoms with van der Waals surface area (Å²) >= 11 is 0. The Bertz CT molecular complexity index is 616. The maximum atomic E-state index is 11.8. The first-order chi connectivity index (χ1) is 10.3. The van der Waals surface area contributed by atoms with Crippen LogP contribution in [0.4, 0.5) is 0 Å². The summed E-state index contributed by atoms with van der Waals surface area (Å²) in [6, 6.07) is 4.71. The second-order valence-corrected chi connectivity index (χ2v) is 6.62. The first-order valence-corrected chi connectivity index (χ1v) is 8.62. The van der Waals surface area contributed by atoms with Crippen molar-refractivity contribution in [1.82, 2.24) is 10.0 Å². The maximum Gasteiger partial charge on any atom is 0.237 e. The summed E-state index contributed by atoms with van der Waals surface area (Å²) < 4.78 is 34.7. The molecule has 1 amide bonds. The van der Waals surface area contributed by atoms with Crippen LogP contribution >= 0.6 is 0 Å². The summed E-state index contributed by atoms with van der Waals surface area (Å²) in [6.45, 7) is 1.89. The van der Waals surface area contributed by atoms with Gasteiger partial charge in [-0.3, -0.25) is 4.79 Å². The summed E-state index contributed by atoms with van der Waals surface area (Å²) in [5.41, 5.74) is 0.974. The lowest BCUT2D eigenvalue weighted by Crippen LogP contribution is -2.44. The van der Waals surface area contributed by atoms with Crippen LogP contribution in [-0.4, -0.2) is 47.4 Å². The molecule has 1 unspecified atom stereocenters. The van der Waals surface area contributed by atoms with Crippen LogP contribution < -0.4 is 19.5 Å². The molecule has 7 nitrogen and oxygen atoms in total. The fourth-order valence-corrected chi connectivity index (χ4v) is 2.64. The first kappa shape index (κ1) is 18.2. The average Bonchev–Trinajstić information content (AvgIpc) is 2.45. The highest BCUT2D eigenvalue weighted by atomic mass is 32.2. The van der Waals surface area contributed by atoms with E-state index in [4.69, 9.17) is 9.47 Å². The lowest BCUT2D eigenvalue weighted by atomic mass is 10.1. The molecule has 2 N–H and O–H groups in total. The number of hydrogen-bond acceptors (Lipinski definition) is 5. The quantitative estimate of drug-likeness (QED) is 0.715. The maximum absolute atomic E-state index is 11.8. The van der Waals surface area contributed by atoms with Crippen molar-refractivity contribution in [2.75, 3.05) is 27.0 Å². The highest BCUT2D eigenvalue weighted by Crippen LogP contribution is 2.27. The van der Waals surface area contributed by atoms with Gasteiger partial charge in [-0.1, -0.05) is 6.07 Å². The van der Waals surface area contributed by atoms with Gasteiger partial charge in [-0.2, -0.15) is 0 Å². The van der Waals surface area contributed by atoms with Crippen LogP contribution in [0.2, 0.25) is 0 Å². The minimum Gasteiger partial charge on any atom is -0.493 e. The molecule has 0 saturated carbocycles. The van der Waals surface area contributed by atoms with E-state index in [1.54, 1.807) is 20.3 Å². The van der Waals surface area contributed by atoms with Gasteiger partial charge in [0, 0.05) is 6.54 Å². The summed E-state index contributed by atoms with van der Waals surface area (Å²) in [5, 5.41) is 2.68. The van der Waals surface area contributed by atoms with Crippen LogP contribution in [0.5, 0.6) is 11.5 Å². The largest absolute Gasteiger partial charge is 0.493 e. The molecular formula is C14H22N2O5S. The molecule has 8 heteroatoms. The second kappa shape index (κ2) is 8.00. The molecule has 1 rings (SSSR count). The second-order valence-electron chi connectivity index (χ2n) is 4.84. The molecule has 1 atom stereocenters. The molecule has 0 aromatic heterocycles. The van der Waals surface area contributed by atoms with Crippen molar-refractivity contribution in [3.05, 3.63) is 23.8 Å². The van der Waals surface area contributed by atoms with E-state index in [9.17, 15) is 13.2 Å². The highest BCUT2D eigenvalue weighted by molar-refractivity contribution is 7.88. The highest BCUT2D eigenvalue weighted by Gasteiger charge is 2.16. The Balaban J connectivity index is 2.52. The van der Waals surface area contributed by atoms with Crippen molar-refractivity contribution in [1.29, 1.82) is 0 Å². The Morgan fingerprint density at radius 2 is 1.86 bits per heavy atom. The summed E-state index contributed by atoms with van der Waals surface area (Å²) in [5.74, 6) is 0.894. The molecule has 0 aliphatic carbocycles. The Morgan fingerprint density at radius 3 is 2.41 bits per heavy atom. The molecule has 0 radical (unpaired) electrons. The van der Waals surface area contributed by atoms with Crippen LogP contribution in [0.3, 0.4) is 0 Å². The Morgan fingerprint density at radius 1 is 1.23 bits per heavy atom. The number of nitrogens with one attached hydrogen (secondary N) is 2. The fourth-order valence-electron chi connectivity index (χ4n) is 1.89. The van der Waals surface area contributed by atoms with Gasteiger partial charge in [-0.25, -0.2) is 13.1 Å². The van der Waals surface area contributed by atoms with Crippen LogP contribution in [0.15, 0.2) is 18.2 Å². The normalized spacial score (nSPS) is 12.5. The SMILES string of the molecule is COc1ccc(CCNC(=O)C(C)NS(C)(=O)=O)cc1OC. The monoisotopic (exact) mass is 330 g/mol. The molecule has 0 fully saturated rings. The fraction of sp³-hybridized carbons (Fsp3) is 0.500. The Kier molecular flexibility index (Phi) is 6.63. The summed E-state index contributed by atoms with van der Waals surface area (Å²) in [7, 11) is -0.283. The topological polar surface area (TPSA) is 93.7 Å². The number of hydrogen-bond donors (Lipinski definition) is 2. The minimum absolute atomic E-state index is 0.370. The molecule has 0 saturated heterocycles. The molecule has 0 aliphatic rings.